The number of aryl methyl sites for hydroxylation is 1. The second-order valence-electron chi connectivity index (χ2n) is 6.27. The first-order chi connectivity index (χ1) is 12.3. The lowest BCUT2D eigenvalue weighted by Gasteiger charge is -2.26. The van der Waals surface area contributed by atoms with Crippen molar-refractivity contribution in [1.82, 2.24) is 4.90 Å². The summed E-state index contributed by atoms with van der Waals surface area (Å²) in [4.78, 5) is 14.2. The smallest absolute Gasteiger partial charge is 0.267 e. The van der Waals surface area contributed by atoms with E-state index >= 15 is 0 Å². The van der Waals surface area contributed by atoms with Crippen molar-refractivity contribution in [2.24, 2.45) is 0 Å². The third-order valence-corrected chi connectivity index (χ3v) is 5.92. The van der Waals surface area contributed by atoms with Gasteiger partial charge in [0.25, 0.3) is 5.91 Å². The molecule has 0 bridgehead atoms. The van der Waals surface area contributed by atoms with E-state index in [1.54, 1.807) is 24.1 Å². The molecule has 1 aliphatic heterocycles. The van der Waals surface area contributed by atoms with Crippen LogP contribution in [0.1, 0.15) is 12.0 Å². The van der Waals surface area contributed by atoms with Crippen molar-refractivity contribution in [1.29, 1.82) is 5.26 Å². The number of benzene rings is 1. The molecule has 0 saturated carbocycles. The molecule has 7 nitrogen and oxygen atoms in total. The fraction of sp³-hybridized carbons (Fsp3) is 0.444. The summed E-state index contributed by atoms with van der Waals surface area (Å²) in [5, 5.41) is 12.1. The normalized spacial score (nSPS) is 19.0. The molecule has 1 atom stereocenters. The van der Waals surface area contributed by atoms with Crippen LogP contribution in [-0.4, -0.2) is 57.0 Å². The Morgan fingerprint density at radius 3 is 2.85 bits per heavy atom. The van der Waals surface area contributed by atoms with Crippen LogP contribution in [0.15, 0.2) is 36.0 Å². The molecule has 1 N–H and O–H groups in total. The number of methoxy groups -OCH3 is 1. The van der Waals surface area contributed by atoms with E-state index in [-0.39, 0.29) is 23.1 Å². The average molecular weight is 377 g/mol. The van der Waals surface area contributed by atoms with Crippen LogP contribution in [-0.2, 0) is 19.4 Å². The van der Waals surface area contributed by atoms with E-state index in [0.29, 0.717) is 25.3 Å². The summed E-state index contributed by atoms with van der Waals surface area (Å²) in [6.45, 7) is 2.68. The van der Waals surface area contributed by atoms with Crippen molar-refractivity contribution in [2.45, 2.75) is 19.4 Å². The zero-order valence-electron chi connectivity index (χ0n) is 14.9. The molecule has 1 aromatic carbocycles. The number of nitrogens with one attached hydrogen (secondary N) is 1. The Morgan fingerprint density at radius 1 is 1.50 bits per heavy atom. The highest BCUT2D eigenvalue weighted by atomic mass is 32.2. The zero-order valence-corrected chi connectivity index (χ0v) is 15.8. The number of hydrogen-bond acceptors (Lipinski definition) is 6. The third kappa shape index (κ3) is 5.58. The van der Waals surface area contributed by atoms with Gasteiger partial charge in [-0.3, -0.25) is 4.79 Å². The quantitative estimate of drug-likeness (QED) is 0.571. The van der Waals surface area contributed by atoms with Gasteiger partial charge in [-0.25, -0.2) is 8.42 Å². The summed E-state index contributed by atoms with van der Waals surface area (Å²) < 4.78 is 28.6. The molecule has 1 aromatic rings. The van der Waals surface area contributed by atoms with Crippen LogP contribution in [0, 0.1) is 18.3 Å². The number of nitriles is 1. The van der Waals surface area contributed by atoms with E-state index in [0.717, 1.165) is 5.56 Å². The monoisotopic (exact) mass is 377 g/mol. The van der Waals surface area contributed by atoms with Crippen LogP contribution in [0.2, 0.25) is 0 Å². The van der Waals surface area contributed by atoms with Crippen molar-refractivity contribution in [3.05, 3.63) is 41.6 Å². The second-order valence-corrected chi connectivity index (χ2v) is 8.49. The van der Waals surface area contributed by atoms with E-state index in [9.17, 15) is 18.5 Å². The Balaban J connectivity index is 2.18. The van der Waals surface area contributed by atoms with Crippen LogP contribution in [0.3, 0.4) is 0 Å². The van der Waals surface area contributed by atoms with Gasteiger partial charge in [0.2, 0.25) is 0 Å². The maximum Gasteiger partial charge on any atom is 0.267 e. The largest absolute Gasteiger partial charge is 0.383 e. The highest BCUT2D eigenvalue weighted by Crippen LogP contribution is 2.19. The molecule has 1 fully saturated rings. The molecule has 8 heteroatoms. The van der Waals surface area contributed by atoms with Gasteiger partial charge >= 0.3 is 0 Å². The van der Waals surface area contributed by atoms with Gasteiger partial charge < -0.3 is 15.0 Å². The molecular formula is C18H23N3O4S. The number of rotatable bonds is 7. The van der Waals surface area contributed by atoms with Gasteiger partial charge in [0.05, 0.1) is 18.1 Å². The molecule has 1 aliphatic rings. The Hall–Kier alpha value is -2.37. The number of sulfone groups is 1. The van der Waals surface area contributed by atoms with Crippen LogP contribution in [0.4, 0.5) is 5.69 Å². The first-order valence-corrected chi connectivity index (χ1v) is 10.1. The maximum atomic E-state index is 12.4. The van der Waals surface area contributed by atoms with Crippen molar-refractivity contribution in [3.8, 4) is 6.07 Å². The minimum Gasteiger partial charge on any atom is -0.383 e. The standard InChI is InChI=1S/C18H23N3O4S/c1-14-4-3-5-16(10-14)20-18(22)15(11-19)12-21(7-8-25-2)17-6-9-26(23,24)13-17/h3-5,10,12,17H,6-9,13H2,1-2H3,(H,20,22)/b15-12-. The Bertz CT molecular complexity index is 827. The number of carbonyl (C=O) groups is 1. The fourth-order valence-corrected chi connectivity index (χ4v) is 4.55. The third-order valence-electron chi connectivity index (χ3n) is 4.17. The highest BCUT2D eigenvalue weighted by molar-refractivity contribution is 7.91. The number of ether oxygens (including phenoxy) is 1. The molecule has 1 amide bonds. The van der Waals surface area contributed by atoms with Crippen LogP contribution in [0.25, 0.3) is 0 Å². The molecule has 140 valence electrons. The Morgan fingerprint density at radius 2 is 2.27 bits per heavy atom. The number of carbonyl (C=O) groups excluding carboxylic acids is 1. The fourth-order valence-electron chi connectivity index (χ4n) is 2.81. The van der Waals surface area contributed by atoms with Crippen LogP contribution in [0.5, 0.6) is 0 Å². The van der Waals surface area contributed by atoms with Gasteiger partial charge in [-0.1, -0.05) is 12.1 Å². The summed E-state index contributed by atoms with van der Waals surface area (Å²) in [7, 11) is -1.53. The molecule has 1 unspecified atom stereocenters. The van der Waals surface area contributed by atoms with Gasteiger partial charge in [-0.05, 0) is 31.0 Å². The minimum absolute atomic E-state index is 0.0193. The zero-order chi connectivity index (χ0) is 19.2. The van der Waals surface area contributed by atoms with Gasteiger partial charge in [0.1, 0.15) is 11.6 Å². The summed E-state index contributed by atoms with van der Waals surface area (Å²) in [5.74, 6) is -0.390. The topological polar surface area (TPSA) is 99.5 Å². The van der Waals surface area contributed by atoms with Crippen LogP contribution < -0.4 is 5.32 Å². The highest BCUT2D eigenvalue weighted by Gasteiger charge is 2.31. The molecule has 26 heavy (non-hydrogen) atoms. The molecule has 1 saturated heterocycles. The van der Waals surface area contributed by atoms with E-state index in [4.69, 9.17) is 4.74 Å². The molecule has 0 aromatic heterocycles. The maximum absolute atomic E-state index is 12.4. The molecule has 1 heterocycles. The summed E-state index contributed by atoms with van der Waals surface area (Å²) in [5.41, 5.74) is 1.51. The van der Waals surface area contributed by atoms with Gasteiger partial charge in [-0.2, -0.15) is 5.26 Å². The summed E-state index contributed by atoms with van der Waals surface area (Å²) in [6.07, 6.45) is 1.91. The lowest BCUT2D eigenvalue weighted by molar-refractivity contribution is -0.112. The Kier molecular flexibility index (Phi) is 6.77. The summed E-state index contributed by atoms with van der Waals surface area (Å²) in [6, 6.07) is 8.91. The second kappa shape index (κ2) is 8.83. The SMILES string of the molecule is COCCN(/C=C(/C#N)C(=O)Nc1cccc(C)c1)C1CCS(=O)(=O)C1. The predicted octanol–water partition coefficient (Wildman–Crippen LogP) is 1.48. The van der Waals surface area contributed by atoms with Gasteiger partial charge in [0, 0.05) is 31.6 Å². The van der Waals surface area contributed by atoms with Crippen molar-refractivity contribution >= 4 is 21.4 Å². The first-order valence-electron chi connectivity index (χ1n) is 8.29. The number of anilines is 1. The van der Waals surface area contributed by atoms with Crippen molar-refractivity contribution in [2.75, 3.05) is 37.1 Å². The average Bonchev–Trinajstić information content (AvgIpc) is 2.95. The molecule has 0 spiro atoms. The molecule has 0 aliphatic carbocycles. The first kappa shape index (κ1) is 19.9. The molecular weight excluding hydrogens is 354 g/mol. The predicted molar refractivity (Wildman–Crippen MR) is 99.1 cm³/mol. The number of hydrogen-bond donors (Lipinski definition) is 1. The van der Waals surface area contributed by atoms with Gasteiger partial charge in [0.15, 0.2) is 9.84 Å². The van der Waals surface area contributed by atoms with E-state index in [1.807, 2.05) is 25.1 Å². The number of nitrogens with zero attached hydrogens (tertiary/aromatic N) is 2. The van der Waals surface area contributed by atoms with Gasteiger partial charge in [-0.15, -0.1) is 0 Å². The lowest BCUT2D eigenvalue weighted by Crippen LogP contribution is -2.35. The van der Waals surface area contributed by atoms with Crippen LogP contribution >= 0.6 is 0 Å². The minimum atomic E-state index is -3.08. The van der Waals surface area contributed by atoms with E-state index in [1.165, 1.54) is 6.20 Å². The van der Waals surface area contributed by atoms with E-state index in [2.05, 4.69) is 5.32 Å². The molecule has 2 rings (SSSR count). The Labute approximate surface area is 154 Å². The molecule has 0 radical (unpaired) electrons. The number of amides is 1. The van der Waals surface area contributed by atoms with Crippen molar-refractivity contribution in [3.63, 3.8) is 0 Å². The summed E-state index contributed by atoms with van der Waals surface area (Å²) >= 11 is 0. The lowest BCUT2D eigenvalue weighted by atomic mass is 10.2. The van der Waals surface area contributed by atoms with E-state index < -0.39 is 15.7 Å². The van der Waals surface area contributed by atoms with Crippen molar-refractivity contribution < 1.29 is 17.9 Å².